The first-order valence-electron chi connectivity index (χ1n) is 5.69. The van der Waals surface area contributed by atoms with Gasteiger partial charge in [-0.15, -0.1) is 0 Å². The summed E-state index contributed by atoms with van der Waals surface area (Å²) in [5, 5.41) is 0. The molecule has 1 aliphatic carbocycles. The molecule has 1 aliphatic heterocycles. The smallest absolute Gasteiger partial charge is 0.323 e. The molecule has 1 saturated heterocycles. The molecule has 0 bridgehead atoms. The van der Waals surface area contributed by atoms with Gasteiger partial charge < -0.3 is 9.47 Å². The molecular weight excluding hydrogens is 254 g/mol. The van der Waals surface area contributed by atoms with Gasteiger partial charge in [0.1, 0.15) is 0 Å². The fourth-order valence-electron chi connectivity index (χ4n) is 3.62. The molecule has 2 rings (SSSR count). The van der Waals surface area contributed by atoms with E-state index in [1.807, 2.05) is 0 Å². The van der Waals surface area contributed by atoms with E-state index in [1.54, 1.807) is 0 Å². The van der Waals surface area contributed by atoms with E-state index in [1.165, 1.54) is 20.9 Å². The number of hydrogen-bond acceptors (Lipinski definition) is 6. The summed E-state index contributed by atoms with van der Waals surface area (Å²) < 4.78 is 9.31. The van der Waals surface area contributed by atoms with Gasteiger partial charge in [0.25, 0.3) is 0 Å². The third-order valence-corrected chi connectivity index (χ3v) is 4.61. The average molecular weight is 269 g/mol. The van der Waals surface area contributed by atoms with Crippen LogP contribution in [0.3, 0.4) is 0 Å². The SMILES string of the molecule is COC(=O)[C@@]12C(=O)N(C)C(=O)[C@]1(C(=O)OC)C2(C)C. The number of methoxy groups -OCH3 is 2. The lowest BCUT2D eigenvalue weighted by Gasteiger charge is -2.21. The Balaban J connectivity index is 2.75. The first-order chi connectivity index (χ1) is 8.69. The number of carbonyl (C=O) groups is 4. The number of likely N-dealkylation sites (tertiary alicyclic amines) is 1. The molecule has 2 fully saturated rings. The largest absolute Gasteiger partial charge is 0.468 e. The highest BCUT2D eigenvalue weighted by molar-refractivity contribution is 6.33. The molecule has 2 amide bonds. The molecule has 1 heterocycles. The molecule has 0 radical (unpaired) electrons. The maximum Gasteiger partial charge on any atom is 0.323 e. The van der Waals surface area contributed by atoms with Gasteiger partial charge in [-0.2, -0.15) is 0 Å². The molecule has 0 aromatic carbocycles. The Morgan fingerprint density at radius 3 is 1.53 bits per heavy atom. The van der Waals surface area contributed by atoms with Crippen LogP contribution >= 0.6 is 0 Å². The monoisotopic (exact) mass is 269 g/mol. The number of fused-ring (bicyclic) bond motifs is 1. The first kappa shape index (κ1) is 13.5. The van der Waals surface area contributed by atoms with Crippen LogP contribution in [-0.4, -0.2) is 49.9 Å². The number of hydrogen-bond donors (Lipinski definition) is 0. The van der Waals surface area contributed by atoms with Crippen LogP contribution in [0.15, 0.2) is 0 Å². The van der Waals surface area contributed by atoms with Gasteiger partial charge >= 0.3 is 11.9 Å². The van der Waals surface area contributed by atoms with Crippen molar-refractivity contribution in [3.05, 3.63) is 0 Å². The molecule has 7 heteroatoms. The second-order valence-electron chi connectivity index (χ2n) is 5.28. The number of imide groups is 1. The summed E-state index contributed by atoms with van der Waals surface area (Å²) in [5.74, 6) is -3.21. The second-order valence-corrected chi connectivity index (χ2v) is 5.28. The summed E-state index contributed by atoms with van der Waals surface area (Å²) >= 11 is 0. The van der Waals surface area contributed by atoms with Gasteiger partial charge in [0.2, 0.25) is 11.8 Å². The summed E-state index contributed by atoms with van der Waals surface area (Å²) in [7, 11) is 3.47. The number of ether oxygens (including phenoxy) is 2. The van der Waals surface area contributed by atoms with Crippen LogP contribution in [0, 0.1) is 16.2 Å². The normalized spacial score (nSPS) is 34.9. The second kappa shape index (κ2) is 3.34. The molecule has 19 heavy (non-hydrogen) atoms. The lowest BCUT2D eigenvalue weighted by atomic mass is 9.94. The molecule has 0 aromatic rings. The summed E-state index contributed by atoms with van der Waals surface area (Å²) in [5.41, 5.74) is -4.79. The van der Waals surface area contributed by atoms with Gasteiger partial charge in [0, 0.05) is 12.5 Å². The van der Waals surface area contributed by atoms with E-state index in [0.717, 1.165) is 19.1 Å². The zero-order valence-electron chi connectivity index (χ0n) is 11.4. The van der Waals surface area contributed by atoms with Crippen molar-refractivity contribution in [2.24, 2.45) is 16.2 Å². The summed E-state index contributed by atoms with van der Waals surface area (Å²) in [6.45, 7) is 3.03. The van der Waals surface area contributed by atoms with Gasteiger partial charge in [-0.25, -0.2) is 0 Å². The highest BCUT2D eigenvalue weighted by atomic mass is 16.5. The number of esters is 2. The van der Waals surface area contributed by atoms with Crippen LogP contribution in [0.2, 0.25) is 0 Å². The van der Waals surface area contributed by atoms with Crippen molar-refractivity contribution in [3.63, 3.8) is 0 Å². The highest BCUT2D eigenvalue weighted by Crippen LogP contribution is 2.82. The van der Waals surface area contributed by atoms with Crippen molar-refractivity contribution in [3.8, 4) is 0 Å². The number of nitrogens with zero attached hydrogens (tertiary/aromatic N) is 1. The van der Waals surface area contributed by atoms with E-state index in [-0.39, 0.29) is 0 Å². The molecule has 0 spiro atoms. The predicted octanol–water partition coefficient (Wildman–Crippen LogP) is -0.656. The minimum Gasteiger partial charge on any atom is -0.468 e. The van der Waals surface area contributed by atoms with E-state index in [9.17, 15) is 19.2 Å². The molecule has 0 aromatic heterocycles. The van der Waals surface area contributed by atoms with Crippen LogP contribution in [0.5, 0.6) is 0 Å². The van der Waals surface area contributed by atoms with Crippen LogP contribution in [0.25, 0.3) is 0 Å². The van der Waals surface area contributed by atoms with Gasteiger partial charge in [-0.05, 0) is 0 Å². The Labute approximate surface area is 109 Å². The molecule has 0 N–H and O–H groups in total. The van der Waals surface area contributed by atoms with Crippen molar-refractivity contribution in [2.75, 3.05) is 21.3 Å². The van der Waals surface area contributed by atoms with Crippen LogP contribution in [-0.2, 0) is 28.7 Å². The van der Waals surface area contributed by atoms with Crippen molar-refractivity contribution >= 4 is 23.8 Å². The quantitative estimate of drug-likeness (QED) is 0.376. The highest BCUT2D eigenvalue weighted by Gasteiger charge is 3.01. The van der Waals surface area contributed by atoms with E-state index < -0.39 is 40.0 Å². The molecule has 104 valence electrons. The van der Waals surface area contributed by atoms with E-state index in [0.29, 0.717) is 0 Å². The van der Waals surface area contributed by atoms with Gasteiger partial charge in [-0.3, -0.25) is 24.1 Å². The summed E-state index contributed by atoms with van der Waals surface area (Å²) in [6.07, 6.45) is 0. The first-order valence-corrected chi connectivity index (χ1v) is 5.69. The average Bonchev–Trinajstić information content (AvgIpc) is 2.78. The van der Waals surface area contributed by atoms with Crippen molar-refractivity contribution in [1.82, 2.24) is 4.90 Å². The van der Waals surface area contributed by atoms with Crippen LogP contribution in [0.4, 0.5) is 0 Å². The topological polar surface area (TPSA) is 90.0 Å². The molecule has 0 unspecified atom stereocenters. The van der Waals surface area contributed by atoms with E-state index in [2.05, 4.69) is 9.47 Å². The molecule has 7 nitrogen and oxygen atoms in total. The van der Waals surface area contributed by atoms with Crippen LogP contribution < -0.4 is 0 Å². The Hall–Kier alpha value is -1.92. The van der Waals surface area contributed by atoms with Gasteiger partial charge in [0.15, 0.2) is 10.8 Å². The van der Waals surface area contributed by atoms with Gasteiger partial charge in [0.05, 0.1) is 14.2 Å². The third-order valence-electron chi connectivity index (χ3n) is 4.61. The standard InChI is InChI=1S/C12H15NO6/c1-10(2)11(8(16)18-4)6(14)13(3)7(15)12(10,11)9(17)19-5/h1-5H3/t11-,12+. The van der Waals surface area contributed by atoms with Crippen molar-refractivity contribution in [2.45, 2.75) is 13.8 Å². The van der Waals surface area contributed by atoms with Gasteiger partial charge in [-0.1, -0.05) is 13.8 Å². The number of piperidine rings is 1. The van der Waals surface area contributed by atoms with Crippen molar-refractivity contribution in [1.29, 1.82) is 0 Å². The Bertz CT molecular complexity index is 480. The Kier molecular flexibility index (Phi) is 2.38. The maximum absolute atomic E-state index is 12.3. The zero-order valence-corrected chi connectivity index (χ0v) is 11.4. The van der Waals surface area contributed by atoms with E-state index in [4.69, 9.17) is 0 Å². The Morgan fingerprint density at radius 2 is 1.26 bits per heavy atom. The third kappa shape index (κ3) is 0.913. The fourth-order valence-corrected chi connectivity index (χ4v) is 3.62. The predicted molar refractivity (Wildman–Crippen MR) is 60.5 cm³/mol. The maximum atomic E-state index is 12.3. The fraction of sp³-hybridized carbons (Fsp3) is 0.667. The lowest BCUT2D eigenvalue weighted by molar-refractivity contribution is -0.159. The number of rotatable bonds is 2. The molecule has 2 atom stereocenters. The minimum atomic E-state index is -1.81. The number of amides is 2. The van der Waals surface area contributed by atoms with Crippen LogP contribution in [0.1, 0.15) is 13.8 Å². The zero-order chi connectivity index (χ0) is 14.8. The minimum absolute atomic E-state index is 0.722. The number of carbonyl (C=O) groups excluding carboxylic acids is 4. The molecule has 2 aliphatic rings. The summed E-state index contributed by atoms with van der Waals surface area (Å²) in [4.78, 5) is 49.6. The lowest BCUT2D eigenvalue weighted by Crippen LogP contribution is -2.41. The molecule has 1 saturated carbocycles. The molecular formula is C12H15NO6. The Morgan fingerprint density at radius 1 is 0.947 bits per heavy atom. The van der Waals surface area contributed by atoms with E-state index >= 15 is 0 Å². The van der Waals surface area contributed by atoms with Crippen molar-refractivity contribution < 1.29 is 28.7 Å². The summed E-state index contributed by atoms with van der Waals surface area (Å²) in [6, 6.07) is 0.